The van der Waals surface area contributed by atoms with Crippen LogP contribution in [0.25, 0.3) is 6.08 Å². The molecule has 34 heavy (non-hydrogen) atoms. The van der Waals surface area contributed by atoms with Crippen molar-refractivity contribution in [3.8, 4) is 5.75 Å². The van der Waals surface area contributed by atoms with Crippen molar-refractivity contribution in [3.63, 3.8) is 0 Å². The van der Waals surface area contributed by atoms with Gasteiger partial charge < -0.3 is 4.74 Å². The van der Waals surface area contributed by atoms with E-state index in [2.05, 4.69) is 21.2 Å². The van der Waals surface area contributed by atoms with E-state index in [1.165, 1.54) is 18.2 Å². The first kappa shape index (κ1) is 23.4. The molecule has 3 aromatic rings. The van der Waals surface area contributed by atoms with Crippen molar-refractivity contribution in [2.24, 2.45) is 0 Å². The van der Waals surface area contributed by atoms with E-state index in [0.717, 1.165) is 16.0 Å². The minimum atomic E-state index is -0.809. The van der Waals surface area contributed by atoms with Crippen molar-refractivity contribution in [3.05, 3.63) is 98.8 Å². The Morgan fingerprint density at radius 3 is 2.56 bits per heavy atom. The van der Waals surface area contributed by atoms with Crippen LogP contribution in [-0.4, -0.2) is 17.8 Å². The molecule has 0 bridgehead atoms. The van der Waals surface area contributed by atoms with Crippen LogP contribution in [0.1, 0.15) is 22.3 Å². The van der Waals surface area contributed by atoms with Crippen molar-refractivity contribution in [2.75, 3.05) is 4.90 Å². The van der Waals surface area contributed by atoms with Crippen molar-refractivity contribution in [1.29, 1.82) is 0 Å². The van der Waals surface area contributed by atoms with Crippen molar-refractivity contribution in [2.45, 2.75) is 20.5 Å². The molecule has 4 amide bonds. The highest BCUT2D eigenvalue weighted by atomic mass is 79.9. The fourth-order valence-electron chi connectivity index (χ4n) is 3.64. The molecule has 0 aliphatic carbocycles. The molecule has 8 heteroatoms. The molecule has 4 rings (SSSR count). The molecule has 1 aliphatic heterocycles. The lowest BCUT2D eigenvalue weighted by Crippen LogP contribution is -2.54. The number of nitrogens with one attached hydrogen (secondary N) is 1. The summed E-state index contributed by atoms with van der Waals surface area (Å²) in [7, 11) is 0. The third kappa shape index (κ3) is 4.92. The van der Waals surface area contributed by atoms with Gasteiger partial charge in [0, 0.05) is 10.0 Å². The Bertz CT molecular complexity index is 1350. The SMILES string of the molecule is Cc1ccc(N2C(=O)NC(=O)/C(=C\c3cc(Br)ccc3OCc3cccc(F)c3)C2=O)c(C)c1. The summed E-state index contributed by atoms with van der Waals surface area (Å²) in [5, 5.41) is 2.23. The molecule has 0 radical (unpaired) electrons. The summed E-state index contributed by atoms with van der Waals surface area (Å²) < 4.78 is 20.0. The summed E-state index contributed by atoms with van der Waals surface area (Å²) in [5.41, 5.74) is 2.95. The molecule has 6 nitrogen and oxygen atoms in total. The predicted octanol–water partition coefficient (Wildman–Crippen LogP) is 5.45. The molecule has 0 spiro atoms. The van der Waals surface area contributed by atoms with Gasteiger partial charge in [0.15, 0.2) is 0 Å². The van der Waals surface area contributed by atoms with Crippen LogP contribution in [0.3, 0.4) is 0 Å². The second-order valence-electron chi connectivity index (χ2n) is 7.85. The number of nitrogens with zero attached hydrogens (tertiary/aromatic N) is 1. The maximum Gasteiger partial charge on any atom is 0.335 e. The normalized spacial score (nSPS) is 15.0. The first-order valence-corrected chi connectivity index (χ1v) is 11.2. The van der Waals surface area contributed by atoms with Gasteiger partial charge in [-0.05, 0) is 67.4 Å². The van der Waals surface area contributed by atoms with Crippen LogP contribution in [0, 0.1) is 19.7 Å². The van der Waals surface area contributed by atoms with Crippen LogP contribution in [0.5, 0.6) is 5.75 Å². The molecule has 0 atom stereocenters. The number of hydrogen-bond acceptors (Lipinski definition) is 4. The lowest BCUT2D eigenvalue weighted by Gasteiger charge is -2.27. The number of halogens is 2. The highest BCUT2D eigenvalue weighted by Crippen LogP contribution is 2.30. The molecule has 1 saturated heterocycles. The van der Waals surface area contributed by atoms with E-state index in [0.29, 0.717) is 27.0 Å². The molecule has 1 aliphatic rings. The van der Waals surface area contributed by atoms with Gasteiger partial charge in [0.25, 0.3) is 11.8 Å². The number of urea groups is 1. The molecule has 0 aromatic heterocycles. The minimum Gasteiger partial charge on any atom is -0.488 e. The molecule has 0 saturated carbocycles. The van der Waals surface area contributed by atoms with E-state index in [1.54, 1.807) is 49.4 Å². The molecule has 1 heterocycles. The maximum atomic E-state index is 13.5. The van der Waals surface area contributed by atoms with Crippen molar-refractivity contribution >= 4 is 45.5 Å². The van der Waals surface area contributed by atoms with E-state index >= 15 is 0 Å². The Morgan fingerprint density at radius 2 is 1.82 bits per heavy atom. The molecule has 3 aromatic carbocycles. The van der Waals surface area contributed by atoms with Crippen LogP contribution >= 0.6 is 15.9 Å². The van der Waals surface area contributed by atoms with E-state index < -0.39 is 17.8 Å². The first-order chi connectivity index (χ1) is 16.2. The Balaban J connectivity index is 1.69. The van der Waals surface area contributed by atoms with Crippen LogP contribution in [0.4, 0.5) is 14.9 Å². The molecular formula is C26H20BrFN2O4. The van der Waals surface area contributed by atoms with E-state index in [-0.39, 0.29) is 18.0 Å². The number of anilines is 1. The average molecular weight is 523 g/mol. The number of rotatable bonds is 5. The largest absolute Gasteiger partial charge is 0.488 e. The number of hydrogen-bond donors (Lipinski definition) is 1. The van der Waals surface area contributed by atoms with Gasteiger partial charge in [0.05, 0.1) is 5.69 Å². The quantitative estimate of drug-likeness (QED) is 0.357. The second kappa shape index (κ2) is 9.61. The maximum absolute atomic E-state index is 13.5. The number of imide groups is 2. The minimum absolute atomic E-state index is 0.0862. The van der Waals surface area contributed by atoms with Gasteiger partial charge in [-0.2, -0.15) is 0 Å². The lowest BCUT2D eigenvalue weighted by atomic mass is 10.0. The van der Waals surface area contributed by atoms with Crippen molar-refractivity contribution in [1.82, 2.24) is 5.32 Å². The fraction of sp³-hybridized carbons (Fsp3) is 0.115. The predicted molar refractivity (Wildman–Crippen MR) is 130 cm³/mol. The highest BCUT2D eigenvalue weighted by molar-refractivity contribution is 9.10. The number of amides is 4. The zero-order valence-electron chi connectivity index (χ0n) is 18.4. The Kier molecular flexibility index (Phi) is 6.61. The Morgan fingerprint density at radius 1 is 1.03 bits per heavy atom. The number of carbonyl (C=O) groups is 3. The Hall–Kier alpha value is -3.78. The summed E-state index contributed by atoms with van der Waals surface area (Å²) in [4.78, 5) is 39.4. The van der Waals surface area contributed by atoms with Gasteiger partial charge >= 0.3 is 6.03 Å². The first-order valence-electron chi connectivity index (χ1n) is 10.4. The number of barbiturate groups is 1. The third-order valence-electron chi connectivity index (χ3n) is 5.25. The molecule has 1 N–H and O–H groups in total. The van der Waals surface area contributed by atoms with Crippen LogP contribution < -0.4 is 15.0 Å². The lowest BCUT2D eigenvalue weighted by molar-refractivity contribution is -0.122. The molecule has 172 valence electrons. The summed E-state index contributed by atoms with van der Waals surface area (Å²) in [6.07, 6.45) is 1.38. The molecule has 0 unspecified atom stereocenters. The van der Waals surface area contributed by atoms with E-state index in [1.807, 2.05) is 13.0 Å². The molecular weight excluding hydrogens is 503 g/mol. The van der Waals surface area contributed by atoms with Crippen molar-refractivity contribution < 1.29 is 23.5 Å². The zero-order chi connectivity index (χ0) is 24.4. The summed E-state index contributed by atoms with van der Waals surface area (Å²) >= 11 is 3.39. The number of ether oxygens (including phenoxy) is 1. The zero-order valence-corrected chi connectivity index (χ0v) is 20.0. The number of carbonyl (C=O) groups excluding carboxylic acids is 3. The number of aryl methyl sites for hydroxylation is 2. The van der Waals surface area contributed by atoms with Crippen LogP contribution in [-0.2, 0) is 16.2 Å². The smallest absolute Gasteiger partial charge is 0.335 e. The average Bonchev–Trinajstić information content (AvgIpc) is 2.77. The monoisotopic (exact) mass is 522 g/mol. The third-order valence-corrected chi connectivity index (χ3v) is 5.74. The van der Waals surface area contributed by atoms with Gasteiger partial charge in [-0.15, -0.1) is 0 Å². The second-order valence-corrected chi connectivity index (χ2v) is 8.76. The van der Waals surface area contributed by atoms with Gasteiger partial charge in [0.2, 0.25) is 0 Å². The highest BCUT2D eigenvalue weighted by Gasteiger charge is 2.37. The van der Waals surface area contributed by atoms with Gasteiger partial charge in [0.1, 0.15) is 23.7 Å². The molecule has 1 fully saturated rings. The van der Waals surface area contributed by atoms with Crippen LogP contribution in [0.15, 0.2) is 70.7 Å². The van der Waals surface area contributed by atoms with Gasteiger partial charge in [-0.25, -0.2) is 14.1 Å². The summed E-state index contributed by atoms with van der Waals surface area (Å²) in [5.74, 6) is -1.53. The number of benzene rings is 3. The van der Waals surface area contributed by atoms with E-state index in [4.69, 9.17) is 4.74 Å². The standard InChI is InChI=1S/C26H20BrFN2O4/c1-15-6-8-22(16(2)10-15)30-25(32)21(24(31)29-26(30)33)13-18-12-19(27)7-9-23(18)34-14-17-4-3-5-20(28)11-17/h3-13H,14H2,1-2H3,(H,29,31,33)/b21-13+. The fourth-order valence-corrected chi connectivity index (χ4v) is 4.02. The van der Waals surface area contributed by atoms with Gasteiger partial charge in [-0.3, -0.25) is 14.9 Å². The van der Waals surface area contributed by atoms with Crippen LogP contribution in [0.2, 0.25) is 0 Å². The Labute approximate surface area is 204 Å². The topological polar surface area (TPSA) is 75.7 Å². The summed E-state index contributed by atoms with van der Waals surface area (Å²) in [6.45, 7) is 3.78. The van der Waals surface area contributed by atoms with Gasteiger partial charge in [-0.1, -0.05) is 45.8 Å². The summed E-state index contributed by atoms with van der Waals surface area (Å²) in [6, 6.07) is 15.6. The van der Waals surface area contributed by atoms with E-state index in [9.17, 15) is 18.8 Å².